The summed E-state index contributed by atoms with van der Waals surface area (Å²) in [5.41, 5.74) is 2.29. The maximum atomic E-state index is 13.3. The van der Waals surface area contributed by atoms with Gasteiger partial charge in [0.1, 0.15) is 12.0 Å². The molecule has 4 rings (SSSR count). The zero-order valence-corrected chi connectivity index (χ0v) is 17.5. The number of aromatic nitrogens is 2. The quantitative estimate of drug-likeness (QED) is 0.482. The van der Waals surface area contributed by atoms with E-state index in [1.807, 2.05) is 26.2 Å². The van der Waals surface area contributed by atoms with Crippen LogP contribution in [-0.2, 0) is 14.1 Å². The van der Waals surface area contributed by atoms with Crippen LogP contribution in [0.3, 0.4) is 0 Å². The van der Waals surface area contributed by atoms with Crippen LogP contribution in [0.25, 0.3) is 6.08 Å². The molecule has 2 aromatic rings. The summed E-state index contributed by atoms with van der Waals surface area (Å²) in [4.78, 5) is 0. The Labute approximate surface area is 170 Å². The molecule has 0 unspecified atom stereocenters. The second kappa shape index (κ2) is 7.29. The molecular formula is C21H26BCl2FN2. The molecule has 1 aromatic carbocycles. The fourth-order valence-electron chi connectivity index (χ4n) is 6.10. The highest BCUT2D eigenvalue weighted by Crippen LogP contribution is 2.53. The van der Waals surface area contributed by atoms with E-state index in [9.17, 15) is 4.39 Å². The molecule has 144 valence electrons. The minimum Gasteiger partial charge on any atom is -0.256 e. The summed E-state index contributed by atoms with van der Waals surface area (Å²) in [6.45, 7) is 0. The lowest BCUT2D eigenvalue weighted by atomic mass is 9.08. The van der Waals surface area contributed by atoms with Crippen LogP contribution in [0.2, 0.25) is 21.9 Å². The third-order valence-electron chi connectivity index (χ3n) is 7.23. The Balaban J connectivity index is 1.89. The number of halogens is 3. The van der Waals surface area contributed by atoms with Crippen molar-refractivity contribution in [2.45, 2.75) is 50.2 Å². The highest BCUT2D eigenvalue weighted by Gasteiger charge is 2.50. The molecule has 0 atom stereocenters. The lowest BCUT2D eigenvalue weighted by molar-refractivity contribution is -0.651. The summed E-state index contributed by atoms with van der Waals surface area (Å²) in [6, 6.07) is 6.74. The molecule has 2 saturated heterocycles. The lowest BCUT2D eigenvalue weighted by Crippen LogP contribution is -2.69. The molecule has 27 heavy (non-hydrogen) atoms. The van der Waals surface area contributed by atoms with Crippen molar-refractivity contribution in [2.24, 2.45) is 14.1 Å². The van der Waals surface area contributed by atoms with Gasteiger partial charge in [-0.2, -0.15) is 11.6 Å². The highest BCUT2D eigenvalue weighted by molar-refractivity contribution is 6.97. The molecule has 1 aromatic heterocycles. The normalized spacial score (nSPS) is 28.0. The predicted molar refractivity (Wildman–Crippen MR) is 113 cm³/mol. The minimum atomic E-state index is -0.959. The van der Waals surface area contributed by atoms with E-state index in [1.54, 1.807) is 0 Å². The van der Waals surface area contributed by atoms with E-state index < -0.39 is 6.15 Å². The van der Waals surface area contributed by atoms with Gasteiger partial charge in [0.05, 0.1) is 19.8 Å². The third-order valence-corrected chi connectivity index (χ3v) is 8.19. The van der Waals surface area contributed by atoms with Crippen LogP contribution >= 0.6 is 23.2 Å². The van der Waals surface area contributed by atoms with Crippen molar-refractivity contribution < 1.29 is 8.96 Å². The molecule has 0 aliphatic carbocycles. The van der Waals surface area contributed by atoms with Crippen molar-refractivity contribution >= 4 is 41.1 Å². The fraction of sp³-hybridized carbons (Fsp3) is 0.476. The summed E-state index contributed by atoms with van der Waals surface area (Å²) in [7, 11) is 4.06. The van der Waals surface area contributed by atoms with Gasteiger partial charge in [0.15, 0.2) is 0 Å². The maximum absolute atomic E-state index is 13.3. The first-order valence-corrected chi connectivity index (χ1v) is 10.7. The van der Waals surface area contributed by atoms with Crippen molar-refractivity contribution in [1.82, 2.24) is 4.57 Å². The van der Waals surface area contributed by atoms with Gasteiger partial charge in [-0.15, -0.1) is 0 Å². The maximum Gasteiger partial charge on any atom is 0.252 e. The molecule has 0 spiro atoms. The van der Waals surface area contributed by atoms with Crippen LogP contribution < -0.4 is 10.3 Å². The molecule has 2 aliphatic rings. The van der Waals surface area contributed by atoms with Gasteiger partial charge in [-0.3, -0.25) is 9.13 Å². The van der Waals surface area contributed by atoms with E-state index in [0.717, 1.165) is 5.56 Å². The Hall–Kier alpha value is -1.26. The monoisotopic (exact) mass is 406 g/mol. The first-order valence-electron chi connectivity index (χ1n) is 9.97. The zero-order valence-electron chi connectivity index (χ0n) is 16.0. The Kier molecular flexibility index (Phi) is 5.15. The van der Waals surface area contributed by atoms with Crippen molar-refractivity contribution in [3.05, 3.63) is 51.9 Å². The Morgan fingerprint density at radius 1 is 1.07 bits per heavy atom. The second-order valence-corrected chi connectivity index (χ2v) is 9.14. The molecule has 0 radical (unpaired) electrons. The van der Waals surface area contributed by atoms with Crippen LogP contribution in [0.5, 0.6) is 0 Å². The standard InChI is InChI=1S/C21H26BCl2FN2/c1-26-19(23)20(24)27(2)21(26)22(14-13-15-9-11-18(25)12-10-15)16-5-3-6-17(22)8-4-7-16/h9-14,16-17H,3-8H2,1-2H3/b14-13-. The van der Waals surface area contributed by atoms with E-state index in [2.05, 4.69) is 21.2 Å². The summed E-state index contributed by atoms with van der Waals surface area (Å²) in [5.74, 6) is 3.51. The molecule has 2 bridgehead atoms. The van der Waals surface area contributed by atoms with Gasteiger partial charge in [-0.05, 0) is 40.9 Å². The van der Waals surface area contributed by atoms with Crippen molar-refractivity contribution in [3.63, 3.8) is 0 Å². The molecule has 6 heteroatoms. The molecular weight excluding hydrogens is 381 g/mol. The molecule has 2 fully saturated rings. The summed E-state index contributed by atoms with van der Waals surface area (Å²) in [5, 5.41) is 1.21. The van der Waals surface area contributed by atoms with Gasteiger partial charge in [-0.1, -0.05) is 56.7 Å². The average Bonchev–Trinajstić information content (AvgIpc) is 2.84. The number of imidazole rings is 1. The number of rotatable bonds is 3. The molecule has 2 aliphatic heterocycles. The number of hydrogen-bond donors (Lipinski definition) is 0. The fourth-order valence-corrected chi connectivity index (χ4v) is 6.53. The summed E-state index contributed by atoms with van der Waals surface area (Å²) < 4.78 is 17.5. The van der Waals surface area contributed by atoms with E-state index in [0.29, 0.717) is 21.9 Å². The van der Waals surface area contributed by atoms with E-state index in [4.69, 9.17) is 23.2 Å². The number of fused-ring (bicyclic) bond motifs is 2. The van der Waals surface area contributed by atoms with Gasteiger partial charge >= 0.3 is 0 Å². The van der Waals surface area contributed by atoms with Crippen LogP contribution in [0.1, 0.15) is 44.1 Å². The summed E-state index contributed by atoms with van der Waals surface area (Å²) in [6.07, 6.45) is 8.85. The van der Waals surface area contributed by atoms with E-state index in [1.165, 1.54) is 56.4 Å². The SMILES string of the molecule is Cn1c(Cl)c(Cl)[n+](C)c1[B-]1(/C=C\c2ccc(F)cc2)C2CCCC1CCC2. The van der Waals surface area contributed by atoms with Gasteiger partial charge < -0.3 is 0 Å². The molecule has 2 nitrogen and oxygen atoms in total. The summed E-state index contributed by atoms with van der Waals surface area (Å²) >= 11 is 13.1. The zero-order chi connectivity index (χ0) is 19.2. The van der Waals surface area contributed by atoms with Crippen molar-refractivity contribution in [3.8, 4) is 0 Å². The van der Waals surface area contributed by atoms with Gasteiger partial charge in [0.25, 0.3) is 10.3 Å². The van der Waals surface area contributed by atoms with Crippen molar-refractivity contribution in [2.75, 3.05) is 0 Å². The Morgan fingerprint density at radius 3 is 2.11 bits per heavy atom. The predicted octanol–water partition coefficient (Wildman–Crippen LogP) is 5.31. The Morgan fingerprint density at radius 2 is 1.63 bits per heavy atom. The van der Waals surface area contributed by atoms with Gasteiger partial charge in [0, 0.05) is 0 Å². The van der Waals surface area contributed by atoms with Crippen LogP contribution in [0, 0.1) is 5.82 Å². The largest absolute Gasteiger partial charge is 0.256 e. The van der Waals surface area contributed by atoms with Crippen molar-refractivity contribution in [1.29, 1.82) is 0 Å². The minimum absolute atomic E-state index is 0.200. The number of benzene rings is 1. The first kappa shape index (κ1) is 19.1. The first-order chi connectivity index (χ1) is 12.9. The topological polar surface area (TPSA) is 8.81 Å². The molecule has 0 N–H and O–H groups in total. The molecule has 0 saturated carbocycles. The Bertz CT molecular complexity index is 828. The second-order valence-electron chi connectivity index (χ2n) is 8.43. The van der Waals surface area contributed by atoms with Crippen LogP contribution in [-0.4, -0.2) is 10.7 Å². The van der Waals surface area contributed by atoms with Crippen LogP contribution in [0.15, 0.2) is 30.2 Å². The highest BCUT2D eigenvalue weighted by atomic mass is 35.5. The van der Waals surface area contributed by atoms with Crippen LogP contribution in [0.4, 0.5) is 4.39 Å². The van der Waals surface area contributed by atoms with Gasteiger partial charge in [-0.25, -0.2) is 10.4 Å². The average molecular weight is 407 g/mol. The van der Waals surface area contributed by atoms with E-state index in [-0.39, 0.29) is 5.82 Å². The third kappa shape index (κ3) is 3.05. The number of nitrogens with zero attached hydrogens (tertiary/aromatic N) is 2. The molecule has 3 heterocycles. The smallest absolute Gasteiger partial charge is 0.252 e. The van der Waals surface area contributed by atoms with Gasteiger partial charge in [0.2, 0.25) is 0 Å². The van der Waals surface area contributed by atoms with E-state index >= 15 is 0 Å². The molecule has 0 amide bonds. The lowest BCUT2D eigenvalue weighted by Gasteiger charge is -2.55. The number of hydrogen-bond acceptors (Lipinski definition) is 0.